The van der Waals surface area contributed by atoms with E-state index in [9.17, 15) is 5.11 Å². The predicted octanol–water partition coefficient (Wildman–Crippen LogP) is 5.66. The zero-order valence-electron chi connectivity index (χ0n) is 14.6. The topological polar surface area (TPSA) is 45.1 Å². The Kier molecular flexibility index (Phi) is 3.88. The number of halogens is 1. The van der Waals surface area contributed by atoms with Gasteiger partial charge < -0.3 is 9.84 Å². The summed E-state index contributed by atoms with van der Waals surface area (Å²) in [7, 11) is 0. The fourth-order valence-electron chi connectivity index (χ4n) is 3.72. The molecule has 2 aliphatic heterocycles. The molecule has 2 aromatic carbocycles. The third kappa shape index (κ3) is 2.78. The second kappa shape index (κ2) is 6.29. The molecule has 5 rings (SSSR count). The zero-order chi connectivity index (χ0) is 18.5. The van der Waals surface area contributed by atoms with E-state index >= 15 is 0 Å². The summed E-state index contributed by atoms with van der Waals surface area (Å²) in [4.78, 5) is 1.10. The van der Waals surface area contributed by atoms with Crippen molar-refractivity contribution in [2.75, 3.05) is 0 Å². The number of hydrogen-bond acceptors (Lipinski definition) is 5. The van der Waals surface area contributed by atoms with E-state index in [1.165, 1.54) is 0 Å². The summed E-state index contributed by atoms with van der Waals surface area (Å²) in [6.07, 6.45) is 0.406. The summed E-state index contributed by atoms with van der Waals surface area (Å²) in [5.41, 5.74) is 3.75. The van der Waals surface area contributed by atoms with E-state index in [4.69, 9.17) is 21.4 Å². The Hall–Kier alpha value is -2.50. The maximum absolute atomic E-state index is 10.4. The number of fused-ring (bicyclic) bond motifs is 3. The van der Waals surface area contributed by atoms with Crippen molar-refractivity contribution in [1.82, 2.24) is 5.01 Å². The summed E-state index contributed by atoms with van der Waals surface area (Å²) in [5.74, 6) is 1.09. The van der Waals surface area contributed by atoms with Gasteiger partial charge in [0, 0.05) is 22.6 Å². The first-order chi connectivity index (χ1) is 13.1. The predicted molar refractivity (Wildman–Crippen MR) is 108 cm³/mol. The SMILES string of the molecule is Cc1ccc(O)c(C2=NN3[C@H](C2)c2cc(Cl)ccc2O[C@H]3c2cccs2)c1. The van der Waals surface area contributed by atoms with Crippen LogP contribution in [0.1, 0.15) is 40.3 Å². The molecule has 2 atom stereocenters. The van der Waals surface area contributed by atoms with Crippen molar-refractivity contribution in [1.29, 1.82) is 0 Å². The van der Waals surface area contributed by atoms with Crippen LogP contribution in [0.2, 0.25) is 5.02 Å². The highest BCUT2D eigenvalue weighted by Gasteiger charge is 2.41. The van der Waals surface area contributed by atoms with Gasteiger partial charge in [0.25, 0.3) is 0 Å². The molecule has 0 radical (unpaired) electrons. The molecule has 0 aliphatic carbocycles. The molecule has 1 N–H and O–H groups in total. The minimum atomic E-state index is -0.284. The Morgan fingerprint density at radius 2 is 2.11 bits per heavy atom. The third-order valence-electron chi connectivity index (χ3n) is 5.00. The van der Waals surface area contributed by atoms with Crippen LogP contribution in [0.3, 0.4) is 0 Å². The smallest absolute Gasteiger partial charge is 0.222 e. The molecule has 0 amide bonds. The Labute approximate surface area is 166 Å². The van der Waals surface area contributed by atoms with Crippen LogP contribution in [-0.2, 0) is 0 Å². The Morgan fingerprint density at radius 3 is 2.93 bits per heavy atom. The van der Waals surface area contributed by atoms with Gasteiger partial charge in [0.1, 0.15) is 11.5 Å². The molecular weight excluding hydrogens is 380 g/mol. The largest absolute Gasteiger partial charge is 0.507 e. The Morgan fingerprint density at radius 1 is 1.22 bits per heavy atom. The van der Waals surface area contributed by atoms with Gasteiger partial charge in [0.05, 0.1) is 16.6 Å². The lowest BCUT2D eigenvalue weighted by Gasteiger charge is -2.37. The number of hydrazone groups is 1. The average molecular weight is 397 g/mol. The first-order valence-electron chi connectivity index (χ1n) is 8.75. The van der Waals surface area contributed by atoms with E-state index < -0.39 is 0 Å². The maximum Gasteiger partial charge on any atom is 0.222 e. The molecule has 3 aromatic rings. The standard InChI is InChI=1S/C21H17ClN2O2S/c1-12-4-6-18(25)14(9-12)16-11-17-15-10-13(22)5-7-19(15)26-21(24(17)23-16)20-3-2-8-27-20/h2-10,17,21,25H,11H2,1H3/t17-,21+/m1/s1. The highest BCUT2D eigenvalue weighted by molar-refractivity contribution is 7.10. The summed E-state index contributed by atoms with van der Waals surface area (Å²) in [5, 5.41) is 20.0. The Bertz CT molecular complexity index is 1050. The van der Waals surface area contributed by atoms with Crippen LogP contribution in [0.4, 0.5) is 0 Å². The minimum absolute atomic E-state index is 0.0227. The molecule has 0 spiro atoms. The molecule has 0 fully saturated rings. The molecule has 0 saturated carbocycles. The number of hydrogen-bond donors (Lipinski definition) is 1. The molecule has 136 valence electrons. The number of nitrogens with zero attached hydrogens (tertiary/aromatic N) is 2. The van der Waals surface area contributed by atoms with E-state index in [1.807, 2.05) is 53.7 Å². The molecule has 4 nitrogen and oxygen atoms in total. The van der Waals surface area contributed by atoms with Gasteiger partial charge in [-0.25, -0.2) is 5.01 Å². The number of aryl methyl sites for hydroxylation is 1. The summed E-state index contributed by atoms with van der Waals surface area (Å²) >= 11 is 7.90. The maximum atomic E-state index is 10.4. The van der Waals surface area contributed by atoms with Crippen molar-refractivity contribution in [3.05, 3.63) is 80.5 Å². The number of thiophene rings is 1. The van der Waals surface area contributed by atoms with E-state index in [1.54, 1.807) is 17.4 Å². The monoisotopic (exact) mass is 396 g/mol. The molecule has 27 heavy (non-hydrogen) atoms. The summed E-state index contributed by atoms with van der Waals surface area (Å²) in [6.45, 7) is 2.01. The highest BCUT2D eigenvalue weighted by atomic mass is 35.5. The molecule has 0 saturated heterocycles. The number of ether oxygens (including phenoxy) is 1. The van der Waals surface area contributed by atoms with E-state index in [0.29, 0.717) is 11.4 Å². The molecule has 2 aliphatic rings. The molecule has 0 bridgehead atoms. The number of aromatic hydroxyl groups is 1. The van der Waals surface area contributed by atoms with Crippen molar-refractivity contribution in [2.45, 2.75) is 25.6 Å². The summed E-state index contributed by atoms with van der Waals surface area (Å²) in [6, 6.07) is 15.4. The normalized spacial score (nSPS) is 20.7. The lowest BCUT2D eigenvalue weighted by Crippen LogP contribution is -2.33. The van der Waals surface area contributed by atoms with Gasteiger partial charge in [-0.1, -0.05) is 29.3 Å². The number of phenols is 1. The zero-order valence-corrected chi connectivity index (χ0v) is 16.2. The van der Waals surface area contributed by atoms with Crippen molar-refractivity contribution in [3.8, 4) is 11.5 Å². The van der Waals surface area contributed by atoms with Gasteiger partial charge >= 0.3 is 0 Å². The van der Waals surface area contributed by atoms with Crippen LogP contribution in [0.15, 0.2) is 59.0 Å². The second-order valence-corrected chi connectivity index (χ2v) is 8.25. The molecule has 1 aromatic heterocycles. The average Bonchev–Trinajstić information content (AvgIpc) is 3.33. The molecular formula is C21H17ClN2O2S. The van der Waals surface area contributed by atoms with Gasteiger partial charge in [0.15, 0.2) is 0 Å². The van der Waals surface area contributed by atoms with Crippen LogP contribution in [0, 0.1) is 6.92 Å². The summed E-state index contributed by atoms with van der Waals surface area (Å²) < 4.78 is 6.29. The van der Waals surface area contributed by atoms with Crippen LogP contribution in [-0.4, -0.2) is 15.8 Å². The molecule has 6 heteroatoms. The minimum Gasteiger partial charge on any atom is -0.507 e. The first-order valence-corrected chi connectivity index (χ1v) is 10.0. The lowest BCUT2D eigenvalue weighted by atomic mass is 9.95. The number of rotatable bonds is 2. The van der Waals surface area contributed by atoms with Gasteiger partial charge in [0.2, 0.25) is 6.23 Å². The van der Waals surface area contributed by atoms with Crippen LogP contribution in [0.5, 0.6) is 11.5 Å². The Balaban J connectivity index is 1.63. The van der Waals surface area contributed by atoms with Crippen LogP contribution < -0.4 is 4.74 Å². The lowest BCUT2D eigenvalue weighted by molar-refractivity contribution is -0.0165. The van der Waals surface area contributed by atoms with Crippen LogP contribution in [0.25, 0.3) is 0 Å². The number of benzene rings is 2. The van der Waals surface area contributed by atoms with E-state index in [-0.39, 0.29) is 18.0 Å². The van der Waals surface area contributed by atoms with Crippen LogP contribution >= 0.6 is 22.9 Å². The first kappa shape index (κ1) is 16.7. The van der Waals surface area contributed by atoms with Gasteiger partial charge in [-0.2, -0.15) is 5.10 Å². The van der Waals surface area contributed by atoms with Crippen molar-refractivity contribution < 1.29 is 9.84 Å². The third-order valence-corrected chi connectivity index (χ3v) is 6.14. The van der Waals surface area contributed by atoms with E-state index in [2.05, 4.69) is 6.07 Å². The van der Waals surface area contributed by atoms with Crippen molar-refractivity contribution in [3.63, 3.8) is 0 Å². The molecule has 3 heterocycles. The number of phenolic OH excluding ortho intramolecular Hbond substituents is 1. The second-order valence-electron chi connectivity index (χ2n) is 6.84. The fraction of sp³-hybridized carbons (Fsp3) is 0.190. The van der Waals surface area contributed by atoms with Crippen molar-refractivity contribution >= 4 is 28.6 Å². The fourth-order valence-corrected chi connectivity index (χ4v) is 4.65. The quantitative estimate of drug-likeness (QED) is 0.608. The van der Waals surface area contributed by atoms with Gasteiger partial charge in [-0.05, 0) is 48.7 Å². The van der Waals surface area contributed by atoms with Gasteiger partial charge in [-0.3, -0.25) is 0 Å². The molecule has 0 unspecified atom stereocenters. The highest BCUT2D eigenvalue weighted by Crippen LogP contribution is 2.49. The van der Waals surface area contributed by atoms with Crippen molar-refractivity contribution in [2.24, 2.45) is 5.10 Å². The van der Waals surface area contributed by atoms with Gasteiger partial charge in [-0.15, -0.1) is 11.3 Å². The van der Waals surface area contributed by atoms with E-state index in [0.717, 1.165) is 33.0 Å².